The lowest BCUT2D eigenvalue weighted by molar-refractivity contribution is -0.140. The van der Waals surface area contributed by atoms with Crippen molar-refractivity contribution < 1.29 is 17.7 Å². The smallest absolute Gasteiger partial charge is 0.357 e. The molecule has 0 aliphatic carbocycles. The molecule has 0 aromatic carbocycles. The van der Waals surface area contributed by atoms with Crippen LogP contribution in [0.4, 0.5) is 13.2 Å². The number of aryl methyl sites for hydroxylation is 1. The van der Waals surface area contributed by atoms with Gasteiger partial charge in [-0.15, -0.1) is 11.3 Å². The molecule has 132 valence electrons. The molecule has 2 N–H and O–H groups in total. The van der Waals surface area contributed by atoms with Crippen molar-refractivity contribution in [3.05, 3.63) is 27.8 Å². The van der Waals surface area contributed by atoms with Gasteiger partial charge in [0.2, 0.25) is 5.89 Å². The predicted molar refractivity (Wildman–Crippen MR) is 82.7 cm³/mol. The normalized spacial score (nSPS) is 12.5. The highest BCUT2D eigenvalue weighted by Gasteiger charge is 2.33. The highest BCUT2D eigenvalue weighted by Crippen LogP contribution is 2.29. The molecule has 7 nitrogen and oxygen atoms in total. The van der Waals surface area contributed by atoms with Crippen molar-refractivity contribution in [2.24, 2.45) is 4.99 Å². The molecule has 24 heavy (non-hydrogen) atoms. The largest absolute Gasteiger partial charge is 0.434 e. The van der Waals surface area contributed by atoms with Crippen LogP contribution in [-0.4, -0.2) is 34.2 Å². The van der Waals surface area contributed by atoms with Crippen molar-refractivity contribution in [2.75, 3.05) is 13.1 Å². The number of aromatic nitrogens is 3. The van der Waals surface area contributed by atoms with Gasteiger partial charge in [0.15, 0.2) is 17.5 Å². The topological polar surface area (TPSA) is 88.2 Å². The fourth-order valence-corrected chi connectivity index (χ4v) is 2.54. The van der Waals surface area contributed by atoms with Gasteiger partial charge >= 0.3 is 6.18 Å². The standard InChI is InChI=1S/C13H17F3N6OS/c1-3-17-12(19-6-10-20-8(2)22-23-10)18-5-4-11-21-9(7-24-11)13(14,15)16/h7H,3-6H2,1-2H3,(H2,17,18,19). The molecule has 2 rings (SSSR count). The predicted octanol–water partition coefficient (Wildman–Crippen LogP) is 2.15. The third kappa shape index (κ3) is 5.48. The molecule has 0 fully saturated rings. The summed E-state index contributed by atoms with van der Waals surface area (Å²) in [7, 11) is 0. The zero-order valence-electron chi connectivity index (χ0n) is 13.1. The maximum Gasteiger partial charge on any atom is 0.434 e. The first-order chi connectivity index (χ1) is 11.4. The fourth-order valence-electron chi connectivity index (χ4n) is 1.74. The Balaban J connectivity index is 1.85. The van der Waals surface area contributed by atoms with E-state index in [1.165, 1.54) is 0 Å². The quantitative estimate of drug-likeness (QED) is 0.605. The molecular weight excluding hydrogens is 345 g/mol. The van der Waals surface area contributed by atoms with Crippen LogP contribution >= 0.6 is 11.3 Å². The lowest BCUT2D eigenvalue weighted by atomic mass is 10.4. The summed E-state index contributed by atoms with van der Waals surface area (Å²) < 4.78 is 42.4. The molecule has 2 heterocycles. The Morgan fingerprint density at radius 1 is 1.33 bits per heavy atom. The highest BCUT2D eigenvalue weighted by atomic mass is 32.1. The lowest BCUT2D eigenvalue weighted by Crippen LogP contribution is -2.38. The number of aliphatic imine (C=N–C) groups is 1. The number of nitrogens with one attached hydrogen (secondary N) is 2. The van der Waals surface area contributed by atoms with Crippen LogP contribution in [0, 0.1) is 6.92 Å². The summed E-state index contributed by atoms with van der Waals surface area (Å²) in [5.74, 6) is 1.43. The SMILES string of the molecule is CCNC(=NCc1nc(C)no1)NCCc1nc(C(F)(F)F)cs1. The van der Waals surface area contributed by atoms with Gasteiger partial charge in [-0.2, -0.15) is 18.2 Å². The van der Waals surface area contributed by atoms with E-state index in [0.29, 0.717) is 42.2 Å². The first-order valence-corrected chi connectivity index (χ1v) is 8.09. The molecule has 2 aromatic rings. The van der Waals surface area contributed by atoms with Gasteiger partial charge < -0.3 is 15.2 Å². The molecule has 0 bridgehead atoms. The van der Waals surface area contributed by atoms with E-state index in [-0.39, 0.29) is 6.54 Å². The molecule has 0 aliphatic rings. The average Bonchev–Trinajstić information content (AvgIpc) is 3.13. The number of rotatable bonds is 6. The van der Waals surface area contributed by atoms with E-state index >= 15 is 0 Å². The number of hydrogen-bond acceptors (Lipinski definition) is 6. The van der Waals surface area contributed by atoms with Gasteiger partial charge in [0.25, 0.3) is 0 Å². The number of thiazole rings is 1. The van der Waals surface area contributed by atoms with Crippen LogP contribution in [0.2, 0.25) is 0 Å². The van der Waals surface area contributed by atoms with Gasteiger partial charge in [-0.25, -0.2) is 9.98 Å². The molecule has 11 heteroatoms. The number of alkyl halides is 3. The van der Waals surface area contributed by atoms with Gasteiger partial charge in [-0.05, 0) is 13.8 Å². The minimum Gasteiger partial charge on any atom is -0.357 e. The van der Waals surface area contributed by atoms with Crippen molar-refractivity contribution in [1.29, 1.82) is 0 Å². The van der Waals surface area contributed by atoms with Gasteiger partial charge in [-0.1, -0.05) is 5.16 Å². The maximum atomic E-state index is 12.5. The monoisotopic (exact) mass is 362 g/mol. The molecule has 0 saturated carbocycles. The van der Waals surface area contributed by atoms with Crippen molar-refractivity contribution >= 4 is 17.3 Å². The Bertz CT molecular complexity index is 681. The second-order valence-electron chi connectivity index (χ2n) is 4.73. The zero-order valence-corrected chi connectivity index (χ0v) is 14.0. The van der Waals surface area contributed by atoms with E-state index in [2.05, 4.69) is 30.8 Å². The number of hydrogen-bond donors (Lipinski definition) is 2. The summed E-state index contributed by atoms with van der Waals surface area (Å²) in [6.45, 7) is 4.88. The molecular formula is C13H17F3N6OS. The molecule has 0 aliphatic heterocycles. The van der Waals surface area contributed by atoms with Crippen molar-refractivity contribution in [3.63, 3.8) is 0 Å². The van der Waals surface area contributed by atoms with E-state index in [4.69, 9.17) is 4.52 Å². The summed E-state index contributed by atoms with van der Waals surface area (Å²) in [4.78, 5) is 11.9. The van der Waals surface area contributed by atoms with Gasteiger partial charge in [0.1, 0.15) is 6.54 Å². The summed E-state index contributed by atoms with van der Waals surface area (Å²) in [6, 6.07) is 0. The molecule has 0 unspecified atom stereocenters. The Kier molecular flexibility index (Phi) is 6.12. The number of halogens is 3. The second kappa shape index (κ2) is 8.08. The van der Waals surface area contributed by atoms with Crippen LogP contribution in [0.1, 0.15) is 29.3 Å². The van der Waals surface area contributed by atoms with Crippen molar-refractivity contribution in [1.82, 2.24) is 25.8 Å². The molecule has 0 atom stereocenters. The van der Waals surface area contributed by atoms with E-state index in [1.54, 1.807) is 6.92 Å². The lowest BCUT2D eigenvalue weighted by Gasteiger charge is -2.09. The maximum absolute atomic E-state index is 12.5. The summed E-state index contributed by atoms with van der Waals surface area (Å²) in [6.07, 6.45) is -4.04. The van der Waals surface area contributed by atoms with Gasteiger partial charge in [0, 0.05) is 24.9 Å². The Morgan fingerprint density at radius 3 is 2.71 bits per heavy atom. The highest BCUT2D eigenvalue weighted by molar-refractivity contribution is 7.09. The fraction of sp³-hybridized carbons (Fsp3) is 0.538. The first-order valence-electron chi connectivity index (χ1n) is 7.21. The third-order valence-electron chi connectivity index (χ3n) is 2.76. The summed E-state index contributed by atoms with van der Waals surface area (Å²) in [5.41, 5.74) is -0.852. The molecule has 0 spiro atoms. The Morgan fingerprint density at radius 2 is 2.12 bits per heavy atom. The molecule has 0 radical (unpaired) electrons. The van der Waals surface area contributed by atoms with E-state index in [1.807, 2.05) is 6.92 Å². The molecule has 0 amide bonds. The molecule has 0 saturated heterocycles. The third-order valence-corrected chi connectivity index (χ3v) is 3.67. The van der Waals surface area contributed by atoms with E-state index in [9.17, 15) is 13.2 Å². The minimum atomic E-state index is -4.40. The minimum absolute atomic E-state index is 0.214. The van der Waals surface area contributed by atoms with Crippen molar-refractivity contribution in [2.45, 2.75) is 33.0 Å². The van der Waals surface area contributed by atoms with Crippen LogP contribution in [0.25, 0.3) is 0 Å². The first kappa shape index (κ1) is 18.2. The summed E-state index contributed by atoms with van der Waals surface area (Å²) in [5, 5.41) is 11.2. The summed E-state index contributed by atoms with van der Waals surface area (Å²) >= 11 is 0.990. The van der Waals surface area contributed by atoms with Gasteiger partial charge in [-0.3, -0.25) is 0 Å². The number of guanidine groups is 1. The number of nitrogens with zero attached hydrogens (tertiary/aromatic N) is 4. The van der Waals surface area contributed by atoms with Crippen LogP contribution in [0.5, 0.6) is 0 Å². The van der Waals surface area contributed by atoms with Crippen LogP contribution < -0.4 is 10.6 Å². The molecule has 2 aromatic heterocycles. The van der Waals surface area contributed by atoms with E-state index < -0.39 is 11.9 Å². The van der Waals surface area contributed by atoms with Crippen molar-refractivity contribution in [3.8, 4) is 0 Å². The van der Waals surface area contributed by atoms with Crippen LogP contribution in [0.3, 0.4) is 0 Å². The zero-order chi connectivity index (χ0) is 17.6. The average molecular weight is 362 g/mol. The van der Waals surface area contributed by atoms with E-state index in [0.717, 1.165) is 16.7 Å². The van der Waals surface area contributed by atoms with Crippen LogP contribution in [0.15, 0.2) is 14.9 Å². The van der Waals surface area contributed by atoms with Crippen LogP contribution in [-0.2, 0) is 19.1 Å². The van der Waals surface area contributed by atoms with Gasteiger partial charge in [0.05, 0.1) is 5.01 Å². The second-order valence-corrected chi connectivity index (χ2v) is 5.67. The Hall–Kier alpha value is -2.17. The Labute approximate surface area is 140 Å².